The van der Waals surface area contributed by atoms with Crippen molar-refractivity contribution >= 4 is 0 Å². The van der Waals surface area contributed by atoms with E-state index in [9.17, 15) is 0 Å². The lowest BCUT2D eigenvalue weighted by molar-refractivity contribution is 0.0217. The number of ether oxygens (including phenoxy) is 1. The van der Waals surface area contributed by atoms with Gasteiger partial charge >= 0.3 is 0 Å². The largest absolute Gasteiger partial charge is 0.374 e. The molecule has 2 nitrogen and oxygen atoms in total. The molecule has 0 radical (unpaired) electrons. The summed E-state index contributed by atoms with van der Waals surface area (Å²) < 4.78 is 5.59. The Morgan fingerprint density at radius 2 is 2.55 bits per heavy atom. The first-order valence-corrected chi connectivity index (χ1v) is 4.22. The van der Waals surface area contributed by atoms with Crippen LogP contribution in [0.3, 0.4) is 0 Å². The van der Waals surface area contributed by atoms with Crippen molar-refractivity contribution in [3.63, 3.8) is 0 Å². The van der Waals surface area contributed by atoms with E-state index in [4.69, 9.17) is 4.74 Å². The molecule has 0 spiro atoms. The van der Waals surface area contributed by atoms with Crippen LogP contribution < -0.4 is 5.32 Å². The molecule has 1 atom stereocenters. The van der Waals surface area contributed by atoms with Crippen molar-refractivity contribution in [3.05, 3.63) is 12.7 Å². The van der Waals surface area contributed by atoms with Crippen LogP contribution in [0.25, 0.3) is 0 Å². The third-order valence-electron chi connectivity index (χ3n) is 2.09. The van der Waals surface area contributed by atoms with E-state index in [1.54, 1.807) is 0 Å². The van der Waals surface area contributed by atoms with Gasteiger partial charge in [-0.3, -0.25) is 0 Å². The second-order valence-electron chi connectivity index (χ2n) is 3.32. The topological polar surface area (TPSA) is 21.3 Å². The minimum atomic E-state index is 0.0863. The van der Waals surface area contributed by atoms with E-state index < -0.39 is 0 Å². The molecule has 0 saturated carbocycles. The summed E-state index contributed by atoms with van der Waals surface area (Å²) in [5.74, 6) is 0. The lowest BCUT2D eigenvalue weighted by atomic mass is 10.0. The highest BCUT2D eigenvalue weighted by Crippen LogP contribution is 2.23. The molecule has 0 amide bonds. The summed E-state index contributed by atoms with van der Waals surface area (Å²) in [7, 11) is 0. The van der Waals surface area contributed by atoms with Gasteiger partial charge in [0.15, 0.2) is 0 Å². The van der Waals surface area contributed by atoms with E-state index in [0.717, 1.165) is 19.7 Å². The van der Waals surface area contributed by atoms with Crippen molar-refractivity contribution in [2.75, 3.05) is 19.7 Å². The van der Waals surface area contributed by atoms with Gasteiger partial charge in [-0.15, -0.1) is 6.58 Å². The van der Waals surface area contributed by atoms with Crippen molar-refractivity contribution < 1.29 is 4.74 Å². The van der Waals surface area contributed by atoms with Crippen molar-refractivity contribution in [1.29, 1.82) is 0 Å². The molecule has 0 bridgehead atoms. The van der Waals surface area contributed by atoms with E-state index in [1.807, 2.05) is 6.08 Å². The smallest absolute Gasteiger partial charge is 0.0779 e. The monoisotopic (exact) mass is 155 g/mol. The molecule has 0 aromatic rings. The van der Waals surface area contributed by atoms with Crippen LogP contribution >= 0.6 is 0 Å². The molecule has 1 unspecified atom stereocenters. The number of rotatable bonds is 4. The molecular weight excluding hydrogens is 138 g/mol. The maximum absolute atomic E-state index is 5.59. The molecule has 1 N–H and O–H groups in total. The van der Waals surface area contributed by atoms with Crippen molar-refractivity contribution in [3.8, 4) is 0 Å². The summed E-state index contributed by atoms with van der Waals surface area (Å²) in [6.45, 7) is 8.55. The van der Waals surface area contributed by atoms with Crippen LogP contribution in [-0.2, 0) is 4.74 Å². The molecule has 1 heterocycles. The fourth-order valence-corrected chi connectivity index (χ4v) is 1.41. The number of hydrogen-bond acceptors (Lipinski definition) is 2. The average Bonchev–Trinajstić information content (AvgIpc) is 2.38. The van der Waals surface area contributed by atoms with Crippen molar-refractivity contribution in [2.45, 2.75) is 25.4 Å². The van der Waals surface area contributed by atoms with E-state index in [1.165, 1.54) is 12.8 Å². The second kappa shape index (κ2) is 3.88. The molecule has 0 aromatic heterocycles. The van der Waals surface area contributed by atoms with Gasteiger partial charge in [-0.05, 0) is 19.8 Å². The molecule has 0 aliphatic carbocycles. The van der Waals surface area contributed by atoms with Crippen LogP contribution in [0.2, 0.25) is 0 Å². The summed E-state index contributed by atoms with van der Waals surface area (Å²) in [4.78, 5) is 0. The Kier molecular flexibility index (Phi) is 3.09. The van der Waals surface area contributed by atoms with Gasteiger partial charge in [0.25, 0.3) is 0 Å². The Morgan fingerprint density at radius 1 is 1.73 bits per heavy atom. The summed E-state index contributed by atoms with van der Waals surface area (Å²) in [5.41, 5.74) is 0.0863. The second-order valence-corrected chi connectivity index (χ2v) is 3.32. The molecule has 11 heavy (non-hydrogen) atoms. The standard InChI is InChI=1S/C9H17NO/c1-3-6-10-8-9(2)5-4-7-11-9/h3,10H,1,4-8H2,2H3. The molecule has 1 aliphatic heterocycles. The maximum Gasteiger partial charge on any atom is 0.0779 e. The lowest BCUT2D eigenvalue weighted by Gasteiger charge is -2.22. The van der Waals surface area contributed by atoms with Gasteiger partial charge < -0.3 is 10.1 Å². The number of hydrogen-bond donors (Lipinski definition) is 1. The highest BCUT2D eigenvalue weighted by molar-refractivity contribution is 4.83. The van der Waals surface area contributed by atoms with Crippen LogP contribution in [0.1, 0.15) is 19.8 Å². The van der Waals surface area contributed by atoms with Gasteiger partial charge in [0.05, 0.1) is 5.60 Å². The molecule has 0 aromatic carbocycles. The van der Waals surface area contributed by atoms with Gasteiger partial charge in [0.1, 0.15) is 0 Å². The fourth-order valence-electron chi connectivity index (χ4n) is 1.41. The Hall–Kier alpha value is -0.340. The van der Waals surface area contributed by atoms with E-state index in [0.29, 0.717) is 0 Å². The molecule has 64 valence electrons. The predicted molar refractivity (Wildman–Crippen MR) is 46.7 cm³/mol. The fraction of sp³-hybridized carbons (Fsp3) is 0.778. The van der Waals surface area contributed by atoms with Crippen LogP contribution in [0.5, 0.6) is 0 Å². The Bertz CT molecular complexity index is 128. The minimum Gasteiger partial charge on any atom is -0.374 e. The van der Waals surface area contributed by atoms with Gasteiger partial charge in [0, 0.05) is 19.7 Å². The number of nitrogens with one attached hydrogen (secondary N) is 1. The molecule has 2 heteroatoms. The maximum atomic E-state index is 5.59. The zero-order chi connectivity index (χ0) is 8.16. The summed E-state index contributed by atoms with van der Waals surface area (Å²) >= 11 is 0. The Balaban J connectivity index is 2.17. The molecule has 1 aliphatic rings. The quantitative estimate of drug-likeness (QED) is 0.488. The molecular formula is C9H17NO. The van der Waals surface area contributed by atoms with E-state index >= 15 is 0 Å². The van der Waals surface area contributed by atoms with Crippen LogP contribution in [-0.4, -0.2) is 25.3 Å². The van der Waals surface area contributed by atoms with Crippen LogP contribution in [0, 0.1) is 0 Å². The molecule has 1 saturated heterocycles. The third-order valence-corrected chi connectivity index (χ3v) is 2.09. The first-order chi connectivity index (χ1) is 5.27. The van der Waals surface area contributed by atoms with Gasteiger partial charge in [-0.2, -0.15) is 0 Å². The average molecular weight is 155 g/mol. The van der Waals surface area contributed by atoms with Crippen molar-refractivity contribution in [2.24, 2.45) is 0 Å². The SMILES string of the molecule is C=CCNCC1(C)CCCO1. The van der Waals surface area contributed by atoms with Gasteiger partial charge in [-0.1, -0.05) is 6.08 Å². The molecule has 1 rings (SSSR count). The lowest BCUT2D eigenvalue weighted by Crippen LogP contribution is -2.37. The first kappa shape index (κ1) is 8.75. The first-order valence-electron chi connectivity index (χ1n) is 4.22. The zero-order valence-corrected chi connectivity index (χ0v) is 7.23. The summed E-state index contributed by atoms with van der Waals surface area (Å²) in [6.07, 6.45) is 4.25. The zero-order valence-electron chi connectivity index (χ0n) is 7.23. The van der Waals surface area contributed by atoms with Gasteiger partial charge in [-0.25, -0.2) is 0 Å². The summed E-state index contributed by atoms with van der Waals surface area (Å²) in [6, 6.07) is 0. The van der Waals surface area contributed by atoms with Crippen LogP contribution in [0.15, 0.2) is 12.7 Å². The predicted octanol–water partition coefficient (Wildman–Crippen LogP) is 1.33. The summed E-state index contributed by atoms with van der Waals surface area (Å²) in [5, 5.41) is 3.27. The normalized spacial score (nSPS) is 30.6. The van der Waals surface area contributed by atoms with E-state index in [2.05, 4.69) is 18.8 Å². The molecule has 1 fully saturated rings. The van der Waals surface area contributed by atoms with Gasteiger partial charge in [0.2, 0.25) is 0 Å². The highest BCUT2D eigenvalue weighted by atomic mass is 16.5. The Labute approximate surface area is 68.6 Å². The highest BCUT2D eigenvalue weighted by Gasteiger charge is 2.28. The van der Waals surface area contributed by atoms with Crippen molar-refractivity contribution in [1.82, 2.24) is 5.32 Å². The van der Waals surface area contributed by atoms with E-state index in [-0.39, 0.29) is 5.60 Å². The minimum absolute atomic E-state index is 0.0863. The van der Waals surface area contributed by atoms with Crippen LogP contribution in [0.4, 0.5) is 0 Å². The Morgan fingerprint density at radius 3 is 3.09 bits per heavy atom. The third kappa shape index (κ3) is 2.64.